The molecule has 0 bridgehead atoms. The first kappa shape index (κ1) is 14.2. The molecule has 3 nitrogen and oxygen atoms in total. The summed E-state index contributed by atoms with van der Waals surface area (Å²) in [5.74, 6) is 0.359. The Balaban J connectivity index is 2.16. The Labute approximate surface area is 119 Å². The number of hydrogen-bond donors (Lipinski definition) is 1. The molecule has 4 heteroatoms. The molecule has 0 radical (unpaired) electrons. The SMILES string of the molecule is CC(C)(C)C1CCN(C(=O)c2cc(Cl)ccc2O)C1. The number of carbonyl (C=O) groups is 1. The number of halogens is 1. The van der Waals surface area contributed by atoms with Crippen molar-refractivity contribution in [2.24, 2.45) is 11.3 Å². The van der Waals surface area contributed by atoms with Gasteiger partial charge in [-0.05, 0) is 36.0 Å². The van der Waals surface area contributed by atoms with Crippen LogP contribution in [0.25, 0.3) is 0 Å². The number of carbonyl (C=O) groups excluding carboxylic acids is 1. The summed E-state index contributed by atoms with van der Waals surface area (Å²) < 4.78 is 0. The van der Waals surface area contributed by atoms with Gasteiger partial charge in [0.25, 0.3) is 5.91 Å². The van der Waals surface area contributed by atoms with Crippen LogP contribution < -0.4 is 0 Å². The van der Waals surface area contributed by atoms with Gasteiger partial charge in [-0.25, -0.2) is 0 Å². The van der Waals surface area contributed by atoms with Crippen LogP contribution >= 0.6 is 11.6 Å². The fourth-order valence-corrected chi connectivity index (χ4v) is 2.67. The third kappa shape index (κ3) is 3.03. The van der Waals surface area contributed by atoms with E-state index < -0.39 is 0 Å². The molecule has 1 aliphatic heterocycles. The molecular weight excluding hydrogens is 262 g/mol. The van der Waals surface area contributed by atoms with Gasteiger partial charge in [0.15, 0.2) is 0 Å². The molecule has 1 aliphatic rings. The van der Waals surface area contributed by atoms with Crippen molar-refractivity contribution in [3.63, 3.8) is 0 Å². The van der Waals surface area contributed by atoms with Gasteiger partial charge in [-0.1, -0.05) is 32.4 Å². The molecule has 0 aliphatic carbocycles. The van der Waals surface area contributed by atoms with Gasteiger partial charge in [0, 0.05) is 18.1 Å². The minimum absolute atomic E-state index is 0.00592. The molecule has 1 amide bonds. The lowest BCUT2D eigenvalue weighted by atomic mass is 9.80. The number of phenolic OH excluding ortho intramolecular Hbond substituents is 1. The predicted octanol–water partition coefficient (Wildman–Crippen LogP) is 3.55. The van der Waals surface area contributed by atoms with Crippen molar-refractivity contribution < 1.29 is 9.90 Å². The molecule has 1 heterocycles. The molecule has 1 saturated heterocycles. The second kappa shape index (κ2) is 5.04. The number of benzene rings is 1. The summed E-state index contributed by atoms with van der Waals surface area (Å²) in [6, 6.07) is 4.58. The molecular formula is C15H20ClNO2. The van der Waals surface area contributed by atoms with Crippen LogP contribution in [0, 0.1) is 11.3 Å². The summed E-state index contributed by atoms with van der Waals surface area (Å²) in [7, 11) is 0. The second-order valence-corrected chi connectivity index (χ2v) is 6.70. The van der Waals surface area contributed by atoms with E-state index in [1.54, 1.807) is 11.0 Å². The Morgan fingerprint density at radius 3 is 2.68 bits per heavy atom. The van der Waals surface area contributed by atoms with Crippen LogP contribution in [0.15, 0.2) is 18.2 Å². The van der Waals surface area contributed by atoms with Gasteiger partial charge in [0.1, 0.15) is 5.75 Å². The third-order valence-corrected chi connectivity index (χ3v) is 4.12. The van der Waals surface area contributed by atoms with E-state index in [0.717, 1.165) is 19.5 Å². The zero-order valence-electron chi connectivity index (χ0n) is 11.6. The first-order valence-electron chi connectivity index (χ1n) is 6.57. The highest BCUT2D eigenvalue weighted by Crippen LogP contribution is 2.34. The Kier molecular flexibility index (Phi) is 3.77. The Bertz CT molecular complexity index is 493. The van der Waals surface area contributed by atoms with Crippen molar-refractivity contribution in [3.05, 3.63) is 28.8 Å². The molecule has 104 valence electrons. The summed E-state index contributed by atoms with van der Waals surface area (Å²) >= 11 is 5.89. The maximum Gasteiger partial charge on any atom is 0.257 e. The fourth-order valence-electron chi connectivity index (χ4n) is 2.50. The highest BCUT2D eigenvalue weighted by Gasteiger charge is 2.34. The van der Waals surface area contributed by atoms with E-state index in [2.05, 4.69) is 20.8 Å². The molecule has 2 rings (SSSR count). The molecule has 1 N–H and O–H groups in total. The van der Waals surface area contributed by atoms with E-state index in [0.29, 0.717) is 16.5 Å². The highest BCUT2D eigenvalue weighted by molar-refractivity contribution is 6.31. The average molecular weight is 282 g/mol. The van der Waals surface area contributed by atoms with Crippen molar-refractivity contribution in [2.75, 3.05) is 13.1 Å². The molecule has 1 atom stereocenters. The van der Waals surface area contributed by atoms with Gasteiger partial charge in [-0.3, -0.25) is 4.79 Å². The van der Waals surface area contributed by atoms with E-state index in [1.165, 1.54) is 12.1 Å². The van der Waals surface area contributed by atoms with Crippen molar-refractivity contribution >= 4 is 17.5 Å². The van der Waals surface area contributed by atoms with Crippen LogP contribution in [0.5, 0.6) is 5.75 Å². The van der Waals surface area contributed by atoms with Crippen molar-refractivity contribution in [1.82, 2.24) is 4.90 Å². The van der Waals surface area contributed by atoms with Gasteiger partial charge in [0.05, 0.1) is 5.56 Å². The number of phenols is 1. The van der Waals surface area contributed by atoms with Gasteiger partial charge >= 0.3 is 0 Å². The second-order valence-electron chi connectivity index (χ2n) is 6.26. The van der Waals surface area contributed by atoms with Crippen LogP contribution in [0.4, 0.5) is 0 Å². The first-order valence-corrected chi connectivity index (χ1v) is 6.94. The first-order chi connectivity index (χ1) is 8.79. The maximum atomic E-state index is 12.4. The van der Waals surface area contributed by atoms with E-state index in [1.807, 2.05) is 0 Å². The number of amides is 1. The van der Waals surface area contributed by atoms with Crippen LogP contribution in [-0.4, -0.2) is 29.0 Å². The molecule has 0 saturated carbocycles. The molecule has 1 unspecified atom stereocenters. The quantitative estimate of drug-likeness (QED) is 0.855. The fraction of sp³-hybridized carbons (Fsp3) is 0.533. The van der Waals surface area contributed by atoms with Gasteiger partial charge < -0.3 is 10.0 Å². The predicted molar refractivity (Wildman–Crippen MR) is 76.6 cm³/mol. The topological polar surface area (TPSA) is 40.5 Å². The van der Waals surface area contributed by atoms with E-state index in [-0.39, 0.29) is 17.1 Å². The monoisotopic (exact) mass is 281 g/mol. The third-order valence-electron chi connectivity index (χ3n) is 3.89. The lowest BCUT2D eigenvalue weighted by Crippen LogP contribution is -2.31. The molecule has 0 spiro atoms. The van der Waals surface area contributed by atoms with Crippen molar-refractivity contribution in [2.45, 2.75) is 27.2 Å². The van der Waals surface area contributed by atoms with Crippen LogP contribution in [0.3, 0.4) is 0 Å². The molecule has 0 aromatic heterocycles. The van der Waals surface area contributed by atoms with Crippen molar-refractivity contribution in [3.8, 4) is 5.75 Å². The van der Waals surface area contributed by atoms with Crippen molar-refractivity contribution in [1.29, 1.82) is 0 Å². The van der Waals surface area contributed by atoms with Gasteiger partial charge in [-0.2, -0.15) is 0 Å². The number of hydrogen-bond acceptors (Lipinski definition) is 2. The minimum Gasteiger partial charge on any atom is -0.507 e. The zero-order chi connectivity index (χ0) is 14.2. The lowest BCUT2D eigenvalue weighted by molar-refractivity contribution is 0.0773. The standard InChI is InChI=1S/C15H20ClNO2/c1-15(2,3)10-6-7-17(9-10)14(19)12-8-11(16)4-5-13(12)18/h4-5,8,10,18H,6-7,9H2,1-3H3. The van der Waals surface area contributed by atoms with Crippen LogP contribution in [-0.2, 0) is 0 Å². The Morgan fingerprint density at radius 1 is 1.42 bits per heavy atom. The summed E-state index contributed by atoms with van der Waals surface area (Å²) in [6.45, 7) is 8.08. The van der Waals surface area contributed by atoms with Gasteiger partial charge in [0.2, 0.25) is 0 Å². The number of likely N-dealkylation sites (tertiary alicyclic amines) is 1. The van der Waals surface area contributed by atoms with Gasteiger partial charge in [-0.15, -0.1) is 0 Å². The van der Waals surface area contributed by atoms with Crippen LogP contribution in [0.2, 0.25) is 5.02 Å². The number of aromatic hydroxyl groups is 1. The molecule has 1 aromatic rings. The lowest BCUT2D eigenvalue weighted by Gasteiger charge is -2.27. The average Bonchev–Trinajstić information content (AvgIpc) is 2.80. The molecule has 1 fully saturated rings. The van der Waals surface area contributed by atoms with E-state index in [9.17, 15) is 9.90 Å². The highest BCUT2D eigenvalue weighted by atomic mass is 35.5. The summed E-state index contributed by atoms with van der Waals surface area (Å²) in [4.78, 5) is 14.2. The van der Waals surface area contributed by atoms with E-state index >= 15 is 0 Å². The molecule has 19 heavy (non-hydrogen) atoms. The van der Waals surface area contributed by atoms with Crippen LogP contribution in [0.1, 0.15) is 37.6 Å². The largest absolute Gasteiger partial charge is 0.507 e. The smallest absolute Gasteiger partial charge is 0.257 e. The molecule has 1 aromatic carbocycles. The Morgan fingerprint density at radius 2 is 2.11 bits per heavy atom. The summed E-state index contributed by atoms with van der Waals surface area (Å²) in [5.41, 5.74) is 0.493. The zero-order valence-corrected chi connectivity index (χ0v) is 12.4. The summed E-state index contributed by atoms with van der Waals surface area (Å²) in [6.07, 6.45) is 1.01. The minimum atomic E-state index is -0.133. The normalized spacial score (nSPS) is 19.8. The van der Waals surface area contributed by atoms with E-state index in [4.69, 9.17) is 11.6 Å². The number of nitrogens with zero attached hydrogens (tertiary/aromatic N) is 1. The summed E-state index contributed by atoms with van der Waals surface area (Å²) in [5, 5.41) is 10.3. The maximum absolute atomic E-state index is 12.4. The number of rotatable bonds is 1. The Hall–Kier alpha value is -1.22.